The van der Waals surface area contributed by atoms with E-state index in [1.54, 1.807) is 6.92 Å². The quantitative estimate of drug-likeness (QED) is 0.524. The fourth-order valence-electron chi connectivity index (χ4n) is 0.547. The highest BCUT2D eigenvalue weighted by atomic mass is 35.5. The van der Waals surface area contributed by atoms with E-state index in [0.717, 1.165) is 5.56 Å². The SMILES string of the molecule is Cc1[c]cc(Cl)c(F)c1. The van der Waals surface area contributed by atoms with Crippen molar-refractivity contribution < 1.29 is 4.39 Å². The zero-order chi connectivity index (χ0) is 6.85. The van der Waals surface area contributed by atoms with Gasteiger partial charge in [0.15, 0.2) is 0 Å². The second-order valence-electron chi connectivity index (χ2n) is 1.81. The summed E-state index contributed by atoms with van der Waals surface area (Å²) in [5, 5.41) is 0.126. The Bertz CT molecular complexity index is 220. The molecule has 0 aliphatic carbocycles. The molecule has 0 bridgehead atoms. The average Bonchev–Trinajstić information content (AvgIpc) is 1.80. The molecule has 0 N–H and O–H groups in total. The summed E-state index contributed by atoms with van der Waals surface area (Å²) in [5.41, 5.74) is 0.761. The van der Waals surface area contributed by atoms with Crippen LogP contribution >= 0.6 is 11.6 Å². The van der Waals surface area contributed by atoms with Crippen molar-refractivity contribution in [3.05, 3.63) is 34.6 Å². The molecule has 0 amide bonds. The number of halogens is 2. The minimum absolute atomic E-state index is 0.126. The van der Waals surface area contributed by atoms with Gasteiger partial charge in [-0.3, -0.25) is 0 Å². The molecule has 2 heteroatoms. The normalized spacial score (nSPS) is 9.67. The van der Waals surface area contributed by atoms with Gasteiger partial charge in [0.05, 0.1) is 5.02 Å². The molecule has 0 aliphatic heterocycles. The highest BCUT2D eigenvalue weighted by Crippen LogP contribution is 2.13. The standard InChI is InChI=1S/C7H5ClF/c1-5-2-3-6(8)7(9)4-5/h3-4H,1H3. The summed E-state index contributed by atoms with van der Waals surface area (Å²) in [6.07, 6.45) is 0. The van der Waals surface area contributed by atoms with E-state index in [-0.39, 0.29) is 10.8 Å². The van der Waals surface area contributed by atoms with Gasteiger partial charge in [-0.2, -0.15) is 0 Å². The number of benzene rings is 1. The summed E-state index contributed by atoms with van der Waals surface area (Å²) in [6.45, 7) is 1.76. The first-order chi connectivity index (χ1) is 4.20. The molecule has 0 spiro atoms. The third-order valence-corrected chi connectivity index (χ3v) is 1.29. The van der Waals surface area contributed by atoms with Crippen LogP contribution in [-0.4, -0.2) is 0 Å². The van der Waals surface area contributed by atoms with E-state index in [0.29, 0.717) is 0 Å². The lowest BCUT2D eigenvalue weighted by Gasteiger charge is -1.92. The van der Waals surface area contributed by atoms with Gasteiger partial charge in [-0.1, -0.05) is 11.6 Å². The van der Waals surface area contributed by atoms with Crippen molar-refractivity contribution in [1.29, 1.82) is 0 Å². The molecule has 0 atom stereocenters. The third-order valence-electron chi connectivity index (χ3n) is 0.998. The van der Waals surface area contributed by atoms with E-state index in [1.807, 2.05) is 0 Å². The van der Waals surface area contributed by atoms with Crippen molar-refractivity contribution in [3.63, 3.8) is 0 Å². The molecule has 1 aromatic rings. The molecule has 0 nitrogen and oxygen atoms in total. The van der Waals surface area contributed by atoms with E-state index in [1.165, 1.54) is 12.1 Å². The summed E-state index contributed by atoms with van der Waals surface area (Å²) in [5.74, 6) is -0.382. The zero-order valence-electron chi connectivity index (χ0n) is 4.91. The van der Waals surface area contributed by atoms with E-state index >= 15 is 0 Å². The van der Waals surface area contributed by atoms with Crippen LogP contribution in [0.25, 0.3) is 0 Å². The Hall–Kier alpha value is -0.560. The van der Waals surface area contributed by atoms with Crippen LogP contribution in [0.3, 0.4) is 0 Å². The van der Waals surface area contributed by atoms with Gasteiger partial charge >= 0.3 is 0 Å². The van der Waals surface area contributed by atoms with Gasteiger partial charge in [0.25, 0.3) is 0 Å². The van der Waals surface area contributed by atoms with Gasteiger partial charge in [0.2, 0.25) is 0 Å². The maximum atomic E-state index is 12.4. The van der Waals surface area contributed by atoms with Crippen LogP contribution in [0.15, 0.2) is 12.1 Å². The van der Waals surface area contributed by atoms with Gasteiger partial charge in [0, 0.05) is 0 Å². The van der Waals surface area contributed by atoms with Crippen LogP contribution in [0.2, 0.25) is 5.02 Å². The van der Waals surface area contributed by atoms with E-state index in [9.17, 15) is 4.39 Å². The lowest BCUT2D eigenvalue weighted by Crippen LogP contribution is -1.77. The van der Waals surface area contributed by atoms with Crippen LogP contribution in [0.1, 0.15) is 5.56 Å². The first-order valence-corrected chi connectivity index (χ1v) is 2.91. The number of hydrogen-bond donors (Lipinski definition) is 0. The Labute approximate surface area is 58.3 Å². The monoisotopic (exact) mass is 143 g/mol. The third kappa shape index (κ3) is 1.42. The van der Waals surface area contributed by atoms with Crippen molar-refractivity contribution in [2.45, 2.75) is 6.92 Å². The van der Waals surface area contributed by atoms with Crippen molar-refractivity contribution in [3.8, 4) is 0 Å². The molecular formula is C7H5ClF. The molecule has 0 unspecified atom stereocenters. The summed E-state index contributed by atoms with van der Waals surface area (Å²) in [6, 6.07) is 5.54. The predicted molar refractivity (Wildman–Crippen MR) is 35.0 cm³/mol. The lowest BCUT2D eigenvalue weighted by atomic mass is 10.2. The Balaban J connectivity index is 3.17. The average molecular weight is 144 g/mol. The van der Waals surface area contributed by atoms with Crippen LogP contribution in [0.5, 0.6) is 0 Å². The van der Waals surface area contributed by atoms with Crippen LogP contribution < -0.4 is 0 Å². The van der Waals surface area contributed by atoms with Gasteiger partial charge in [-0.05, 0) is 30.7 Å². The molecule has 0 saturated carbocycles. The topological polar surface area (TPSA) is 0 Å². The van der Waals surface area contributed by atoms with Crippen molar-refractivity contribution >= 4 is 11.6 Å². The largest absolute Gasteiger partial charge is 0.205 e. The molecule has 9 heavy (non-hydrogen) atoms. The number of rotatable bonds is 0. The second kappa shape index (κ2) is 2.36. The lowest BCUT2D eigenvalue weighted by molar-refractivity contribution is 0.627. The van der Waals surface area contributed by atoms with Crippen molar-refractivity contribution in [2.75, 3.05) is 0 Å². The minimum Gasteiger partial charge on any atom is -0.205 e. The Morgan fingerprint density at radius 1 is 1.67 bits per heavy atom. The fourth-order valence-corrected chi connectivity index (χ4v) is 0.656. The molecule has 0 aromatic heterocycles. The van der Waals surface area contributed by atoms with Crippen molar-refractivity contribution in [1.82, 2.24) is 0 Å². The first kappa shape index (κ1) is 6.56. The smallest absolute Gasteiger partial charge is 0.142 e. The van der Waals surface area contributed by atoms with Gasteiger partial charge < -0.3 is 0 Å². The minimum atomic E-state index is -0.382. The van der Waals surface area contributed by atoms with Crippen molar-refractivity contribution in [2.24, 2.45) is 0 Å². The molecule has 1 rings (SSSR count). The number of hydrogen-bond acceptors (Lipinski definition) is 0. The second-order valence-corrected chi connectivity index (χ2v) is 2.22. The summed E-state index contributed by atoms with van der Waals surface area (Å²) >= 11 is 5.37. The molecule has 0 fully saturated rings. The Kier molecular flexibility index (Phi) is 1.72. The zero-order valence-corrected chi connectivity index (χ0v) is 5.67. The Morgan fingerprint density at radius 2 is 2.33 bits per heavy atom. The fraction of sp³-hybridized carbons (Fsp3) is 0.143. The van der Waals surface area contributed by atoms with Gasteiger partial charge in [-0.15, -0.1) is 0 Å². The number of aryl methyl sites for hydroxylation is 1. The van der Waals surface area contributed by atoms with Gasteiger partial charge in [0.1, 0.15) is 5.82 Å². The highest BCUT2D eigenvalue weighted by Gasteiger charge is 1.96. The molecule has 1 aromatic carbocycles. The van der Waals surface area contributed by atoms with Crippen LogP contribution in [0.4, 0.5) is 4.39 Å². The van der Waals surface area contributed by atoms with Crippen LogP contribution in [0, 0.1) is 18.8 Å². The molecule has 0 saturated heterocycles. The highest BCUT2D eigenvalue weighted by molar-refractivity contribution is 6.30. The van der Waals surface area contributed by atoms with E-state index in [4.69, 9.17) is 11.6 Å². The summed E-state index contributed by atoms with van der Waals surface area (Å²) in [7, 11) is 0. The summed E-state index contributed by atoms with van der Waals surface area (Å²) in [4.78, 5) is 0. The van der Waals surface area contributed by atoms with Crippen LogP contribution in [-0.2, 0) is 0 Å². The molecule has 1 radical (unpaired) electrons. The summed E-state index contributed by atoms with van der Waals surface area (Å²) < 4.78 is 12.4. The van der Waals surface area contributed by atoms with E-state index in [2.05, 4.69) is 6.07 Å². The molecular weight excluding hydrogens is 139 g/mol. The Morgan fingerprint density at radius 3 is 2.78 bits per heavy atom. The maximum absolute atomic E-state index is 12.4. The first-order valence-electron chi connectivity index (χ1n) is 2.53. The van der Waals surface area contributed by atoms with E-state index < -0.39 is 0 Å². The molecule has 0 aliphatic rings. The predicted octanol–water partition coefficient (Wildman–Crippen LogP) is 2.59. The van der Waals surface area contributed by atoms with Gasteiger partial charge in [-0.25, -0.2) is 4.39 Å². The molecule has 47 valence electrons. The maximum Gasteiger partial charge on any atom is 0.142 e. The molecule has 0 heterocycles.